The minimum absolute atomic E-state index is 0.0385. The number of amides is 1. The molecule has 0 radical (unpaired) electrons. The summed E-state index contributed by atoms with van der Waals surface area (Å²) in [5, 5.41) is 8.44. The van der Waals surface area contributed by atoms with Gasteiger partial charge in [0.15, 0.2) is 0 Å². The van der Waals surface area contributed by atoms with Crippen LogP contribution in [0.3, 0.4) is 0 Å². The monoisotopic (exact) mass is 348 g/mol. The number of hydrogen-bond donors (Lipinski definition) is 0. The number of likely N-dealkylation sites (N-methyl/N-ethyl adjacent to an activating group) is 1. The topological polar surface area (TPSA) is 68.1 Å². The van der Waals surface area contributed by atoms with Crippen molar-refractivity contribution in [2.75, 3.05) is 7.05 Å². The van der Waals surface area contributed by atoms with Crippen LogP contribution in [0.5, 0.6) is 0 Å². The lowest BCUT2D eigenvalue weighted by Crippen LogP contribution is -2.38. The second-order valence-corrected chi connectivity index (χ2v) is 6.68. The zero-order valence-electron chi connectivity index (χ0n) is 14.6. The molecule has 6 nitrogen and oxygen atoms in total. The maximum atomic E-state index is 12.8. The first kappa shape index (κ1) is 16.4. The summed E-state index contributed by atoms with van der Waals surface area (Å²) in [5.41, 5.74) is 2.75. The normalized spacial score (nSPS) is 16.3. The minimum Gasteiger partial charge on any atom is -0.337 e. The van der Waals surface area contributed by atoms with Crippen LogP contribution in [-0.4, -0.2) is 32.8 Å². The highest BCUT2D eigenvalue weighted by Crippen LogP contribution is 2.33. The van der Waals surface area contributed by atoms with Gasteiger partial charge in [-0.15, -0.1) is 5.10 Å². The van der Waals surface area contributed by atoms with Gasteiger partial charge in [-0.2, -0.15) is 0 Å². The molecule has 4 rings (SSSR count). The standard InChI is InChI=1S/C20H20N4O2/c1-23(18-12-6-8-14-7-2-3-9-15(14)18)19(25)13-24-20(26)16-10-4-5-11-17(16)21-22-24/h2-5,7,9-11,18H,6,8,12-13H2,1H3. The number of aromatic nitrogens is 3. The molecule has 6 heteroatoms. The van der Waals surface area contributed by atoms with Crippen molar-refractivity contribution < 1.29 is 4.79 Å². The van der Waals surface area contributed by atoms with Crippen LogP contribution in [0.4, 0.5) is 0 Å². The largest absolute Gasteiger partial charge is 0.337 e. The van der Waals surface area contributed by atoms with Gasteiger partial charge < -0.3 is 4.90 Å². The van der Waals surface area contributed by atoms with E-state index >= 15 is 0 Å². The van der Waals surface area contributed by atoms with Gasteiger partial charge in [0.25, 0.3) is 5.56 Å². The van der Waals surface area contributed by atoms with Gasteiger partial charge in [-0.25, -0.2) is 4.68 Å². The van der Waals surface area contributed by atoms with E-state index in [1.165, 1.54) is 11.1 Å². The number of nitrogens with zero attached hydrogens (tertiary/aromatic N) is 4. The summed E-state index contributed by atoms with van der Waals surface area (Å²) in [7, 11) is 1.80. The Bertz CT molecular complexity index is 1030. The van der Waals surface area contributed by atoms with E-state index in [2.05, 4.69) is 22.4 Å². The van der Waals surface area contributed by atoms with E-state index in [1.54, 1.807) is 36.2 Å². The molecule has 132 valence electrons. The lowest BCUT2D eigenvalue weighted by Gasteiger charge is -2.33. The molecule has 1 heterocycles. The molecule has 1 aromatic heterocycles. The molecule has 26 heavy (non-hydrogen) atoms. The van der Waals surface area contributed by atoms with E-state index in [0.717, 1.165) is 23.9 Å². The molecule has 0 spiro atoms. The molecule has 3 aromatic rings. The van der Waals surface area contributed by atoms with E-state index in [1.807, 2.05) is 12.1 Å². The summed E-state index contributed by atoms with van der Waals surface area (Å²) in [6, 6.07) is 15.3. The zero-order valence-corrected chi connectivity index (χ0v) is 14.6. The van der Waals surface area contributed by atoms with E-state index in [-0.39, 0.29) is 24.1 Å². The third kappa shape index (κ3) is 2.87. The zero-order chi connectivity index (χ0) is 18.1. The van der Waals surface area contributed by atoms with Crippen LogP contribution in [0.2, 0.25) is 0 Å². The van der Waals surface area contributed by atoms with Crippen molar-refractivity contribution in [3.05, 3.63) is 70.0 Å². The maximum Gasteiger partial charge on any atom is 0.278 e. The van der Waals surface area contributed by atoms with Crippen LogP contribution in [0.25, 0.3) is 10.9 Å². The SMILES string of the molecule is CN(C(=O)Cn1nnc2ccccc2c1=O)C1CCCc2ccccc21. The highest BCUT2D eigenvalue weighted by molar-refractivity contribution is 5.78. The van der Waals surface area contributed by atoms with Gasteiger partial charge in [0.1, 0.15) is 12.1 Å². The Morgan fingerprint density at radius 3 is 2.85 bits per heavy atom. The number of benzene rings is 2. The number of fused-ring (bicyclic) bond motifs is 2. The molecule has 1 atom stereocenters. The highest BCUT2D eigenvalue weighted by atomic mass is 16.2. The number of aryl methyl sites for hydroxylation is 1. The first-order chi connectivity index (χ1) is 12.6. The molecule has 0 N–H and O–H groups in total. The molecule has 2 aromatic carbocycles. The van der Waals surface area contributed by atoms with Gasteiger partial charge in [0, 0.05) is 7.05 Å². The summed E-state index contributed by atoms with van der Waals surface area (Å²) in [6.45, 7) is -0.105. The van der Waals surface area contributed by atoms with Crippen LogP contribution < -0.4 is 5.56 Å². The van der Waals surface area contributed by atoms with E-state index < -0.39 is 0 Å². The van der Waals surface area contributed by atoms with Crippen molar-refractivity contribution in [3.8, 4) is 0 Å². The molecule has 0 saturated heterocycles. The third-order valence-electron chi connectivity index (χ3n) is 5.11. The summed E-state index contributed by atoms with van der Waals surface area (Å²) in [6.07, 6.45) is 3.02. The molecule has 0 fully saturated rings. The first-order valence-electron chi connectivity index (χ1n) is 8.81. The van der Waals surface area contributed by atoms with E-state index in [4.69, 9.17) is 0 Å². The van der Waals surface area contributed by atoms with Crippen molar-refractivity contribution in [2.24, 2.45) is 0 Å². The van der Waals surface area contributed by atoms with Gasteiger partial charge >= 0.3 is 0 Å². The van der Waals surface area contributed by atoms with Crippen molar-refractivity contribution in [1.29, 1.82) is 0 Å². The Morgan fingerprint density at radius 1 is 1.19 bits per heavy atom. The van der Waals surface area contributed by atoms with Crippen molar-refractivity contribution in [2.45, 2.75) is 31.8 Å². The third-order valence-corrected chi connectivity index (χ3v) is 5.11. The number of rotatable bonds is 3. The highest BCUT2D eigenvalue weighted by Gasteiger charge is 2.26. The molecule has 1 aliphatic rings. The average molecular weight is 348 g/mol. The van der Waals surface area contributed by atoms with E-state index in [9.17, 15) is 9.59 Å². The predicted molar refractivity (Wildman–Crippen MR) is 98.7 cm³/mol. The van der Waals surface area contributed by atoms with Gasteiger partial charge in [-0.1, -0.05) is 41.6 Å². The smallest absolute Gasteiger partial charge is 0.278 e. The number of hydrogen-bond acceptors (Lipinski definition) is 4. The van der Waals surface area contributed by atoms with Gasteiger partial charge in [-0.05, 0) is 42.5 Å². The Balaban J connectivity index is 1.59. The van der Waals surface area contributed by atoms with Crippen molar-refractivity contribution in [3.63, 3.8) is 0 Å². The fourth-order valence-electron chi connectivity index (χ4n) is 3.67. The molecular weight excluding hydrogens is 328 g/mol. The molecule has 0 aliphatic heterocycles. The van der Waals surface area contributed by atoms with Gasteiger partial charge in [-0.3, -0.25) is 9.59 Å². The number of carbonyl (C=O) groups excluding carboxylic acids is 1. The van der Waals surface area contributed by atoms with Crippen LogP contribution in [-0.2, 0) is 17.8 Å². The Labute approximate surface area is 151 Å². The molecule has 0 bridgehead atoms. The van der Waals surface area contributed by atoms with Crippen LogP contribution >= 0.6 is 0 Å². The summed E-state index contributed by atoms with van der Waals surface area (Å²) in [4.78, 5) is 27.1. The summed E-state index contributed by atoms with van der Waals surface area (Å²) >= 11 is 0. The predicted octanol–water partition coefficient (Wildman–Crippen LogP) is 2.33. The second-order valence-electron chi connectivity index (χ2n) is 6.68. The first-order valence-corrected chi connectivity index (χ1v) is 8.81. The molecule has 1 aliphatic carbocycles. The minimum atomic E-state index is -0.290. The lowest BCUT2D eigenvalue weighted by molar-refractivity contribution is -0.133. The maximum absolute atomic E-state index is 12.8. The number of carbonyl (C=O) groups is 1. The lowest BCUT2D eigenvalue weighted by atomic mass is 9.87. The van der Waals surface area contributed by atoms with Gasteiger partial charge in [0.05, 0.1) is 11.4 Å². The molecular formula is C20H20N4O2. The van der Waals surface area contributed by atoms with Crippen LogP contribution in [0, 0.1) is 0 Å². The van der Waals surface area contributed by atoms with Crippen molar-refractivity contribution in [1.82, 2.24) is 19.9 Å². The molecule has 1 amide bonds. The fourth-order valence-corrected chi connectivity index (χ4v) is 3.67. The quantitative estimate of drug-likeness (QED) is 0.728. The Hall–Kier alpha value is -3.02. The second kappa shape index (κ2) is 6.71. The summed E-state index contributed by atoms with van der Waals surface area (Å²) in [5.74, 6) is -0.140. The van der Waals surface area contributed by atoms with Gasteiger partial charge in [0.2, 0.25) is 5.91 Å². The van der Waals surface area contributed by atoms with Crippen molar-refractivity contribution >= 4 is 16.8 Å². The molecule has 1 unspecified atom stereocenters. The Kier molecular flexibility index (Phi) is 4.24. The summed E-state index contributed by atoms with van der Waals surface area (Å²) < 4.78 is 1.15. The van der Waals surface area contributed by atoms with Crippen LogP contribution in [0.15, 0.2) is 53.3 Å². The Morgan fingerprint density at radius 2 is 1.96 bits per heavy atom. The van der Waals surface area contributed by atoms with Crippen LogP contribution in [0.1, 0.15) is 30.0 Å². The molecule has 0 saturated carbocycles. The average Bonchev–Trinajstić information content (AvgIpc) is 2.69. The fraction of sp³-hybridized carbons (Fsp3) is 0.300. The van der Waals surface area contributed by atoms with E-state index in [0.29, 0.717) is 10.9 Å².